The van der Waals surface area contributed by atoms with Gasteiger partial charge in [-0.15, -0.1) is 0 Å². The normalized spacial score (nSPS) is 14.3. The average Bonchev–Trinajstić information content (AvgIpc) is 3.43. The van der Waals surface area contributed by atoms with Crippen molar-refractivity contribution >= 4 is 39.5 Å². The first kappa shape index (κ1) is 88.1. The van der Waals surface area contributed by atoms with Gasteiger partial charge >= 0.3 is 39.5 Å². The van der Waals surface area contributed by atoms with Gasteiger partial charge in [0, 0.05) is 25.7 Å². The van der Waals surface area contributed by atoms with Crippen LogP contribution < -0.4 is 0 Å². The van der Waals surface area contributed by atoms with Crippen LogP contribution in [0.2, 0.25) is 0 Å². The summed E-state index contributed by atoms with van der Waals surface area (Å²) in [5.74, 6) is 0.795. The van der Waals surface area contributed by atoms with E-state index in [1.807, 2.05) is 0 Å². The van der Waals surface area contributed by atoms with Gasteiger partial charge in [0.05, 0.1) is 26.4 Å². The molecule has 3 N–H and O–H groups in total. The molecular formula is C71H138O17P2. The van der Waals surface area contributed by atoms with Crippen molar-refractivity contribution in [3.63, 3.8) is 0 Å². The highest BCUT2D eigenvalue weighted by atomic mass is 31.2. The fraction of sp³-hybridized carbons (Fsp3) is 0.944. The summed E-state index contributed by atoms with van der Waals surface area (Å²) in [5, 5.41) is 10.6. The second-order valence-electron chi connectivity index (χ2n) is 27.5. The summed E-state index contributed by atoms with van der Waals surface area (Å²) in [4.78, 5) is 72.5. The molecule has 0 aliphatic carbocycles. The molecule has 0 saturated heterocycles. The number of carbonyl (C=O) groups is 4. The van der Waals surface area contributed by atoms with Crippen molar-refractivity contribution in [2.75, 3.05) is 39.6 Å². The summed E-state index contributed by atoms with van der Waals surface area (Å²) < 4.78 is 68.2. The molecule has 5 atom stereocenters. The first-order valence-electron chi connectivity index (χ1n) is 36.7. The third kappa shape index (κ3) is 64.8. The Hall–Kier alpha value is -1.94. The van der Waals surface area contributed by atoms with E-state index in [2.05, 4.69) is 55.4 Å². The molecule has 0 fully saturated rings. The minimum Gasteiger partial charge on any atom is -0.462 e. The molecule has 90 heavy (non-hydrogen) atoms. The van der Waals surface area contributed by atoms with E-state index >= 15 is 0 Å². The van der Waals surface area contributed by atoms with Crippen LogP contribution in [0.4, 0.5) is 0 Å². The molecule has 0 aromatic rings. The highest BCUT2D eigenvalue weighted by Gasteiger charge is 2.30. The van der Waals surface area contributed by atoms with Gasteiger partial charge < -0.3 is 33.8 Å². The molecule has 0 aliphatic rings. The maximum absolute atomic E-state index is 13.0. The lowest BCUT2D eigenvalue weighted by atomic mass is 10.0. The van der Waals surface area contributed by atoms with E-state index in [1.54, 1.807) is 0 Å². The van der Waals surface area contributed by atoms with Crippen LogP contribution in [0.25, 0.3) is 0 Å². The van der Waals surface area contributed by atoms with E-state index in [4.69, 9.17) is 37.0 Å². The number of esters is 4. The lowest BCUT2D eigenvalue weighted by molar-refractivity contribution is -0.161. The largest absolute Gasteiger partial charge is 0.472 e. The number of rotatable bonds is 68. The smallest absolute Gasteiger partial charge is 0.462 e. The number of phosphoric ester groups is 2. The minimum atomic E-state index is -4.95. The maximum atomic E-state index is 13.0. The number of unbranched alkanes of at least 4 members (excludes halogenated alkanes) is 34. The van der Waals surface area contributed by atoms with Gasteiger partial charge in [0.1, 0.15) is 19.3 Å². The van der Waals surface area contributed by atoms with Crippen molar-refractivity contribution < 1.29 is 80.2 Å². The van der Waals surface area contributed by atoms with Crippen molar-refractivity contribution in [2.24, 2.45) is 23.7 Å². The van der Waals surface area contributed by atoms with Crippen molar-refractivity contribution in [1.29, 1.82) is 0 Å². The minimum absolute atomic E-state index is 0.103. The molecule has 0 radical (unpaired) electrons. The second kappa shape index (κ2) is 60.7. The summed E-state index contributed by atoms with van der Waals surface area (Å²) in [7, 11) is -9.90. The molecule has 0 aliphatic heterocycles. The fourth-order valence-corrected chi connectivity index (χ4v) is 12.2. The third-order valence-electron chi connectivity index (χ3n) is 16.3. The molecule has 19 heteroatoms. The lowest BCUT2D eigenvalue weighted by Crippen LogP contribution is -2.30. The van der Waals surface area contributed by atoms with E-state index in [9.17, 15) is 43.2 Å². The Labute approximate surface area is 549 Å². The van der Waals surface area contributed by atoms with Crippen LogP contribution in [-0.2, 0) is 65.4 Å². The van der Waals surface area contributed by atoms with Crippen LogP contribution in [0.1, 0.15) is 351 Å². The zero-order chi connectivity index (χ0) is 66.8. The Morgan fingerprint density at radius 2 is 0.467 bits per heavy atom. The first-order valence-corrected chi connectivity index (χ1v) is 39.7. The third-order valence-corrected chi connectivity index (χ3v) is 18.2. The SMILES string of the molecule is CC(C)CCCCCCCCCCCCCCCCCCC(=O)OC[C@H](COP(=O)(O)OC[C@@H](O)COP(=O)(O)OC[C@@H](COC(=O)CCCCCCCCC(C)C)OC(=O)CCCCCCCCCCC(C)C)OC(=O)CCCCCCCCCCC(C)C. The highest BCUT2D eigenvalue weighted by Crippen LogP contribution is 2.45. The van der Waals surface area contributed by atoms with E-state index < -0.39 is 97.5 Å². The Kier molecular flexibility index (Phi) is 59.4. The summed E-state index contributed by atoms with van der Waals surface area (Å²) in [6.07, 6.45) is 43.4. The van der Waals surface area contributed by atoms with Gasteiger partial charge in [-0.1, -0.05) is 299 Å². The summed E-state index contributed by atoms with van der Waals surface area (Å²) in [5.41, 5.74) is 0. The first-order chi connectivity index (χ1) is 43.1. The van der Waals surface area contributed by atoms with Crippen LogP contribution in [0.15, 0.2) is 0 Å². The van der Waals surface area contributed by atoms with Gasteiger partial charge in [-0.25, -0.2) is 9.13 Å². The quantitative estimate of drug-likeness (QED) is 0.0222. The average molecular weight is 1330 g/mol. The number of aliphatic hydroxyl groups excluding tert-OH is 1. The van der Waals surface area contributed by atoms with Crippen molar-refractivity contribution in [3.8, 4) is 0 Å². The van der Waals surface area contributed by atoms with E-state index in [-0.39, 0.29) is 25.7 Å². The van der Waals surface area contributed by atoms with Crippen molar-refractivity contribution in [2.45, 2.75) is 369 Å². The summed E-state index contributed by atoms with van der Waals surface area (Å²) in [6, 6.07) is 0. The van der Waals surface area contributed by atoms with Crippen molar-refractivity contribution in [1.82, 2.24) is 0 Å². The van der Waals surface area contributed by atoms with Gasteiger partial charge in [-0.05, 0) is 49.4 Å². The number of phosphoric acid groups is 2. The maximum Gasteiger partial charge on any atom is 0.472 e. The topological polar surface area (TPSA) is 237 Å². The molecular weight excluding hydrogens is 1190 g/mol. The zero-order valence-electron chi connectivity index (χ0n) is 58.8. The lowest BCUT2D eigenvalue weighted by Gasteiger charge is -2.21. The zero-order valence-corrected chi connectivity index (χ0v) is 60.6. The van der Waals surface area contributed by atoms with Crippen LogP contribution in [-0.4, -0.2) is 96.7 Å². The highest BCUT2D eigenvalue weighted by molar-refractivity contribution is 7.47. The van der Waals surface area contributed by atoms with Gasteiger partial charge in [-0.2, -0.15) is 0 Å². The second-order valence-corrected chi connectivity index (χ2v) is 30.4. The molecule has 534 valence electrons. The molecule has 0 heterocycles. The molecule has 17 nitrogen and oxygen atoms in total. The van der Waals surface area contributed by atoms with Gasteiger partial charge in [0.25, 0.3) is 0 Å². The Morgan fingerprint density at radius 3 is 0.689 bits per heavy atom. The molecule has 0 saturated carbocycles. The number of aliphatic hydroxyl groups is 1. The molecule has 2 unspecified atom stereocenters. The predicted octanol–water partition coefficient (Wildman–Crippen LogP) is 20.1. The van der Waals surface area contributed by atoms with Crippen LogP contribution in [0.5, 0.6) is 0 Å². The predicted molar refractivity (Wildman–Crippen MR) is 363 cm³/mol. The molecule has 0 aromatic carbocycles. The molecule has 0 rings (SSSR count). The molecule has 0 spiro atoms. The number of hydrogen-bond acceptors (Lipinski definition) is 15. The molecule has 0 bridgehead atoms. The standard InChI is InChI=1S/C71H138O17P2/c1-61(2)47-39-31-23-17-15-13-11-9-10-12-14-16-18-26-35-43-51-68(73)81-57-66(87-70(75)53-45-37-27-21-19-24-32-40-48-62(3)4)59-85-89(77,78)83-55-65(72)56-84-90(79,80)86-60-67(58-82-69(74)52-44-36-30-29-34-42-50-64(7)8)88-71(76)54-46-38-28-22-20-25-33-41-49-63(5)6/h61-67,72H,9-60H2,1-8H3,(H,77,78)(H,79,80)/t65-,66-,67-/m1/s1. The van der Waals surface area contributed by atoms with Gasteiger partial charge in [-0.3, -0.25) is 37.3 Å². The molecule has 0 amide bonds. The number of ether oxygens (including phenoxy) is 4. The summed E-state index contributed by atoms with van der Waals surface area (Å²) >= 11 is 0. The Bertz CT molecular complexity index is 1780. The van der Waals surface area contributed by atoms with Gasteiger partial charge in [0.15, 0.2) is 12.2 Å². The Balaban J connectivity index is 5.17. The molecule has 0 aromatic heterocycles. The Morgan fingerprint density at radius 1 is 0.278 bits per heavy atom. The summed E-state index contributed by atoms with van der Waals surface area (Å²) in [6.45, 7) is 14.0. The van der Waals surface area contributed by atoms with Crippen LogP contribution >= 0.6 is 15.6 Å². The van der Waals surface area contributed by atoms with Crippen LogP contribution in [0, 0.1) is 23.7 Å². The monoisotopic (exact) mass is 1320 g/mol. The van der Waals surface area contributed by atoms with Gasteiger partial charge in [0.2, 0.25) is 0 Å². The van der Waals surface area contributed by atoms with E-state index in [0.717, 1.165) is 114 Å². The van der Waals surface area contributed by atoms with Crippen molar-refractivity contribution in [3.05, 3.63) is 0 Å². The van der Waals surface area contributed by atoms with Crippen LogP contribution in [0.3, 0.4) is 0 Å². The number of carbonyl (C=O) groups excluding carboxylic acids is 4. The number of hydrogen-bond donors (Lipinski definition) is 3. The van der Waals surface area contributed by atoms with E-state index in [1.165, 1.54) is 148 Å². The van der Waals surface area contributed by atoms with E-state index in [0.29, 0.717) is 31.6 Å². The fourth-order valence-electron chi connectivity index (χ4n) is 10.7.